The molecule has 0 bridgehead atoms. The van der Waals surface area contributed by atoms with E-state index in [1.807, 2.05) is 62.5 Å². The van der Waals surface area contributed by atoms with Gasteiger partial charge >= 0.3 is 11.9 Å². The molecular weight excluding hydrogens is 883 g/mol. The number of aromatic nitrogens is 1. The molecule has 4 unspecified atom stereocenters. The lowest BCUT2D eigenvalue weighted by Gasteiger charge is -2.38. The number of hydrogen-bond acceptors (Lipinski definition) is 14. The molecule has 16 nitrogen and oxygen atoms in total. The topological polar surface area (TPSA) is 180 Å². The number of likely N-dealkylation sites (tertiary alicyclic amines) is 1. The molecule has 360 valence electrons. The van der Waals surface area contributed by atoms with Crippen molar-refractivity contribution in [2.24, 2.45) is 27.7 Å². The van der Waals surface area contributed by atoms with E-state index in [4.69, 9.17) is 43.1 Å². The van der Waals surface area contributed by atoms with Crippen LogP contribution in [0.25, 0.3) is 11.8 Å². The van der Waals surface area contributed by atoms with Crippen molar-refractivity contribution < 1.29 is 52.3 Å². The highest BCUT2D eigenvalue weighted by atomic mass is 16.6. The number of piperidine rings is 1. The van der Waals surface area contributed by atoms with Gasteiger partial charge in [0.25, 0.3) is 0 Å². The number of rotatable bonds is 19. The molecule has 69 heavy (non-hydrogen) atoms. The molecule has 6 aliphatic rings. The number of fused-ring (bicyclic) bond motifs is 5. The smallest absolute Gasteiger partial charge is 0.344 e. The van der Waals surface area contributed by atoms with Gasteiger partial charge in [0.05, 0.1) is 75.2 Å². The van der Waals surface area contributed by atoms with Gasteiger partial charge in [-0.15, -0.1) is 0 Å². The van der Waals surface area contributed by atoms with Crippen LogP contribution in [0.4, 0.5) is 0 Å². The van der Waals surface area contributed by atoms with Crippen molar-refractivity contribution in [2.45, 2.75) is 45.7 Å². The molecule has 2 fully saturated rings. The molecule has 0 spiro atoms. The number of hydrogen-bond donors (Lipinski definition) is 1. The second-order valence-corrected chi connectivity index (χ2v) is 17.7. The van der Waals surface area contributed by atoms with Crippen LogP contribution in [-0.4, -0.2) is 135 Å². The zero-order valence-electron chi connectivity index (χ0n) is 39.1. The largest absolute Gasteiger partial charge is 0.482 e. The number of ether oxygens (including phenoxy) is 7. The fraction of sp³-hybridized carbons (Fsp3) is 0.396. The molecule has 16 heteroatoms. The molecule has 3 aromatic rings. The van der Waals surface area contributed by atoms with E-state index in [0.29, 0.717) is 69.8 Å². The monoisotopic (exact) mass is 939 g/mol. The Kier molecular flexibility index (Phi) is 14.8. The van der Waals surface area contributed by atoms with Crippen molar-refractivity contribution in [3.8, 4) is 11.5 Å². The number of aryl methyl sites for hydroxylation is 3. The molecule has 1 amide bonds. The van der Waals surface area contributed by atoms with E-state index in [2.05, 4.69) is 41.1 Å². The predicted octanol–water partition coefficient (Wildman–Crippen LogP) is 5.88. The van der Waals surface area contributed by atoms with Gasteiger partial charge in [-0.25, -0.2) is 9.79 Å². The van der Waals surface area contributed by atoms with Gasteiger partial charge in [0.15, 0.2) is 12.4 Å². The van der Waals surface area contributed by atoms with Gasteiger partial charge in [0.1, 0.15) is 24.7 Å². The van der Waals surface area contributed by atoms with E-state index in [1.165, 1.54) is 0 Å². The van der Waals surface area contributed by atoms with Crippen LogP contribution in [0.1, 0.15) is 46.5 Å². The molecule has 1 N–H and O–H groups in total. The van der Waals surface area contributed by atoms with Gasteiger partial charge in [0.2, 0.25) is 17.6 Å². The van der Waals surface area contributed by atoms with Gasteiger partial charge in [-0.05, 0) is 93.8 Å². The van der Waals surface area contributed by atoms with Crippen molar-refractivity contribution in [2.75, 3.05) is 72.6 Å². The van der Waals surface area contributed by atoms with Crippen molar-refractivity contribution in [1.29, 1.82) is 0 Å². The molecular formula is C53H57N5O11. The minimum Gasteiger partial charge on any atom is -0.482 e. The van der Waals surface area contributed by atoms with Crippen LogP contribution >= 0.6 is 0 Å². The number of carbonyl (C=O) groups is 4. The minimum atomic E-state index is -0.517. The number of benzene rings is 2. The van der Waals surface area contributed by atoms with Crippen LogP contribution in [0, 0.1) is 38.5 Å². The number of aliphatic imine (C=N–C) groups is 2. The standard InChI is InChI=1S/C53H57N5O11/c1-33-8-14-40-42(28-33)51(56-46(40)31-45-34(2)29-35(3)54-45)69-39-12-10-38(11-13-39)68-32-48(59)66-26-24-64-22-20-63-21-23-65-25-27-67-53(62)36-16-18-57(19-17-36)37-9-15-44-43(30-37)52(61)58-47-7-5-4-6-41(47)49(60)50(58)55-44/h4-15,28-31,36,41,43-44,47,54H,16-27,32H2,1-3H3/b46-31-. The maximum absolute atomic E-state index is 13.6. The normalized spacial score (nSPS) is 21.9. The Labute approximate surface area is 401 Å². The zero-order valence-corrected chi connectivity index (χ0v) is 39.1. The van der Waals surface area contributed by atoms with Crippen LogP contribution in [0.5, 0.6) is 11.5 Å². The number of esters is 2. The fourth-order valence-electron chi connectivity index (χ4n) is 9.24. The maximum atomic E-state index is 13.6. The van der Waals surface area contributed by atoms with Crippen LogP contribution < -0.4 is 9.47 Å². The van der Waals surface area contributed by atoms with Gasteiger partial charge in [-0.2, -0.15) is 0 Å². The Balaban J connectivity index is 0.583. The summed E-state index contributed by atoms with van der Waals surface area (Å²) >= 11 is 0. The predicted molar refractivity (Wildman–Crippen MR) is 256 cm³/mol. The van der Waals surface area contributed by atoms with Crippen LogP contribution in [-0.2, 0) is 42.9 Å². The Hall–Kier alpha value is -6.88. The fourth-order valence-corrected chi connectivity index (χ4v) is 9.24. The number of H-pyrrole nitrogens is 1. The molecule has 1 aromatic heterocycles. The first-order valence-corrected chi connectivity index (χ1v) is 23.6. The van der Waals surface area contributed by atoms with E-state index in [0.717, 1.165) is 45.0 Å². The summed E-state index contributed by atoms with van der Waals surface area (Å²) in [6.45, 7) is 9.24. The van der Waals surface area contributed by atoms with Crippen molar-refractivity contribution in [3.05, 3.63) is 130 Å². The Morgan fingerprint density at radius 2 is 1.48 bits per heavy atom. The maximum Gasteiger partial charge on any atom is 0.344 e. The SMILES string of the molecule is Cc1ccc2c(c1)C(Oc1ccc(OCC(=O)OCCOCCOCCOCCOC(=O)C3CCN(C4=CC5C(=O)N6C(=NC5C=C4)C(=O)C4C=CC=CC46)CC3)cc1)=N/C2=C\c1[nH]c(C)cc1C. The average Bonchev–Trinajstić information content (AvgIpc) is 3.97. The van der Waals surface area contributed by atoms with Gasteiger partial charge in [0, 0.05) is 41.3 Å². The first-order valence-electron chi connectivity index (χ1n) is 23.6. The van der Waals surface area contributed by atoms with Crippen LogP contribution in [0.15, 0.2) is 107 Å². The van der Waals surface area contributed by atoms with Gasteiger partial charge < -0.3 is 43.0 Å². The third-order valence-corrected chi connectivity index (χ3v) is 12.8. The van der Waals surface area contributed by atoms with Crippen LogP contribution in [0.3, 0.4) is 0 Å². The summed E-state index contributed by atoms with van der Waals surface area (Å²) in [5, 5.41) is 0. The average molecular weight is 940 g/mol. The first kappa shape index (κ1) is 47.2. The van der Waals surface area contributed by atoms with Gasteiger partial charge in [-0.3, -0.25) is 24.3 Å². The van der Waals surface area contributed by atoms with Crippen molar-refractivity contribution in [3.63, 3.8) is 0 Å². The third kappa shape index (κ3) is 11.0. The lowest BCUT2D eigenvalue weighted by Crippen LogP contribution is -2.50. The molecule has 0 radical (unpaired) electrons. The number of carbonyl (C=O) groups excluding carboxylic acids is 4. The van der Waals surface area contributed by atoms with E-state index >= 15 is 0 Å². The highest BCUT2D eigenvalue weighted by molar-refractivity contribution is 6.45. The second kappa shape index (κ2) is 21.6. The molecule has 5 heterocycles. The van der Waals surface area contributed by atoms with E-state index < -0.39 is 17.9 Å². The van der Waals surface area contributed by atoms with E-state index in [-0.39, 0.29) is 74.4 Å². The minimum absolute atomic E-state index is 0.0779. The number of allylic oxidation sites excluding steroid dienone is 3. The van der Waals surface area contributed by atoms with E-state index in [9.17, 15) is 19.2 Å². The van der Waals surface area contributed by atoms with E-state index in [1.54, 1.807) is 29.2 Å². The number of amidine groups is 1. The number of ketones is 1. The summed E-state index contributed by atoms with van der Waals surface area (Å²) in [6.07, 6.45) is 16.6. The van der Waals surface area contributed by atoms with Crippen molar-refractivity contribution in [1.82, 2.24) is 14.8 Å². The summed E-state index contributed by atoms with van der Waals surface area (Å²) in [7, 11) is 0. The number of nitrogens with one attached hydrogen (secondary N) is 1. The second-order valence-electron chi connectivity index (χ2n) is 17.7. The van der Waals surface area contributed by atoms with Crippen LogP contribution in [0.2, 0.25) is 0 Å². The summed E-state index contributed by atoms with van der Waals surface area (Å²) in [4.78, 5) is 68.4. The number of aromatic amines is 1. The van der Waals surface area contributed by atoms with Crippen molar-refractivity contribution >= 4 is 47.1 Å². The highest BCUT2D eigenvalue weighted by Gasteiger charge is 2.52. The number of amides is 1. The first-order chi connectivity index (χ1) is 33.6. The summed E-state index contributed by atoms with van der Waals surface area (Å²) in [5.74, 6) is -0.160. The molecule has 2 aliphatic carbocycles. The Morgan fingerprint density at radius 1 is 0.783 bits per heavy atom. The molecule has 4 aliphatic heterocycles. The summed E-state index contributed by atoms with van der Waals surface area (Å²) in [6, 6.07) is 14.6. The Morgan fingerprint density at radius 3 is 2.20 bits per heavy atom. The summed E-state index contributed by atoms with van der Waals surface area (Å²) in [5.41, 5.74) is 8.03. The van der Waals surface area contributed by atoms with Gasteiger partial charge in [-0.1, -0.05) is 48.1 Å². The Bertz CT molecular complexity index is 2650. The lowest BCUT2D eigenvalue weighted by atomic mass is 9.89. The molecule has 0 saturated carbocycles. The quantitative estimate of drug-likeness (QED) is 0.112. The third-order valence-electron chi connectivity index (χ3n) is 12.8. The summed E-state index contributed by atoms with van der Waals surface area (Å²) < 4.78 is 39.2. The molecule has 9 rings (SSSR count). The molecule has 2 saturated heterocycles. The zero-order chi connectivity index (χ0) is 47.9. The number of nitrogens with zero attached hydrogens (tertiary/aromatic N) is 4. The molecule has 2 aromatic carbocycles. The highest BCUT2D eigenvalue weighted by Crippen LogP contribution is 2.38. The molecule has 4 atom stereocenters. The number of Topliss-reactive ketones (excluding diaryl/α,β-unsaturated/α-hetero) is 1. The lowest BCUT2D eigenvalue weighted by molar-refractivity contribution is -0.151.